The van der Waals surface area contributed by atoms with Crippen LogP contribution in [0.1, 0.15) is 12.0 Å². The number of anilines is 1. The Morgan fingerprint density at radius 1 is 1.29 bits per heavy atom. The van der Waals surface area contributed by atoms with Crippen LogP contribution in [0.4, 0.5) is 14.5 Å². The minimum absolute atomic E-state index is 0.444. The molecule has 0 aliphatic carbocycles. The van der Waals surface area contributed by atoms with E-state index in [9.17, 15) is 8.78 Å². The molecule has 0 fully saturated rings. The summed E-state index contributed by atoms with van der Waals surface area (Å²) >= 11 is 5.44. The van der Waals surface area contributed by atoms with Crippen molar-refractivity contribution in [2.45, 2.75) is 6.42 Å². The predicted molar refractivity (Wildman–Crippen MR) is 55.1 cm³/mol. The molecular formula is C10H10ClF2N. The second-order valence-corrected chi connectivity index (χ2v) is 3.16. The maximum atomic E-state index is 12.9. The number of hydrogen-bond donors (Lipinski definition) is 1. The molecule has 1 rings (SSSR count). The molecule has 76 valence electrons. The van der Waals surface area contributed by atoms with E-state index in [2.05, 4.69) is 0 Å². The minimum atomic E-state index is -0.740. The summed E-state index contributed by atoms with van der Waals surface area (Å²) in [6.07, 6.45) is 4.01. The van der Waals surface area contributed by atoms with Crippen LogP contribution in [0, 0.1) is 11.6 Å². The first-order valence-electron chi connectivity index (χ1n) is 4.12. The van der Waals surface area contributed by atoms with Crippen LogP contribution in [-0.4, -0.2) is 5.88 Å². The first-order chi connectivity index (χ1) is 6.65. The van der Waals surface area contributed by atoms with Crippen molar-refractivity contribution in [1.29, 1.82) is 0 Å². The molecular weight excluding hydrogens is 208 g/mol. The summed E-state index contributed by atoms with van der Waals surface area (Å²) in [6.45, 7) is 0. The third-order valence-corrected chi connectivity index (χ3v) is 1.91. The molecule has 0 aliphatic heterocycles. The fourth-order valence-corrected chi connectivity index (χ4v) is 1.11. The molecule has 14 heavy (non-hydrogen) atoms. The number of hydrogen-bond acceptors (Lipinski definition) is 1. The number of rotatable bonds is 3. The monoisotopic (exact) mass is 217 g/mol. The lowest BCUT2D eigenvalue weighted by Crippen LogP contribution is -1.95. The number of allylic oxidation sites excluding steroid dienone is 1. The van der Waals surface area contributed by atoms with Gasteiger partial charge >= 0.3 is 0 Å². The average Bonchev–Trinajstić information content (AvgIpc) is 2.14. The topological polar surface area (TPSA) is 26.0 Å². The second-order valence-electron chi connectivity index (χ2n) is 2.78. The average molecular weight is 218 g/mol. The molecule has 1 aromatic rings. The Morgan fingerprint density at radius 3 is 2.36 bits per heavy atom. The molecule has 0 radical (unpaired) electrons. The van der Waals surface area contributed by atoms with Gasteiger partial charge in [0, 0.05) is 5.88 Å². The van der Waals surface area contributed by atoms with E-state index in [1.54, 1.807) is 12.2 Å². The number of halogens is 3. The molecule has 0 bridgehead atoms. The Kier molecular flexibility index (Phi) is 3.89. The fraction of sp³-hybridized carbons (Fsp3) is 0.200. The number of nitrogen functional groups attached to an aromatic ring is 1. The van der Waals surface area contributed by atoms with Gasteiger partial charge in [0.2, 0.25) is 0 Å². The van der Waals surface area contributed by atoms with Gasteiger partial charge < -0.3 is 5.73 Å². The Hall–Kier alpha value is -1.09. The highest BCUT2D eigenvalue weighted by Crippen LogP contribution is 2.18. The molecule has 0 aromatic heterocycles. The van der Waals surface area contributed by atoms with Crippen molar-refractivity contribution in [3.63, 3.8) is 0 Å². The molecule has 0 heterocycles. The maximum Gasteiger partial charge on any atom is 0.149 e. The lowest BCUT2D eigenvalue weighted by molar-refractivity contribution is 0.591. The zero-order valence-corrected chi connectivity index (χ0v) is 8.19. The van der Waals surface area contributed by atoms with Gasteiger partial charge in [-0.2, -0.15) is 0 Å². The Morgan fingerprint density at radius 2 is 1.86 bits per heavy atom. The van der Waals surface area contributed by atoms with Crippen LogP contribution in [0.25, 0.3) is 6.08 Å². The van der Waals surface area contributed by atoms with Gasteiger partial charge in [-0.1, -0.05) is 12.2 Å². The summed E-state index contributed by atoms with van der Waals surface area (Å²) in [5, 5.41) is 0. The summed E-state index contributed by atoms with van der Waals surface area (Å²) in [5.74, 6) is -0.998. The Bertz CT molecular complexity index is 327. The lowest BCUT2D eigenvalue weighted by atomic mass is 10.1. The quantitative estimate of drug-likeness (QED) is 0.611. The van der Waals surface area contributed by atoms with Crippen LogP contribution in [0.15, 0.2) is 18.2 Å². The molecule has 0 atom stereocenters. The van der Waals surface area contributed by atoms with Gasteiger partial charge in [-0.05, 0) is 24.1 Å². The van der Waals surface area contributed by atoms with E-state index in [0.29, 0.717) is 17.9 Å². The zero-order chi connectivity index (χ0) is 10.6. The van der Waals surface area contributed by atoms with E-state index >= 15 is 0 Å². The highest BCUT2D eigenvalue weighted by Gasteiger charge is 2.05. The summed E-state index contributed by atoms with van der Waals surface area (Å²) in [5.41, 5.74) is 5.11. The maximum absolute atomic E-state index is 12.9. The van der Waals surface area contributed by atoms with E-state index in [1.807, 2.05) is 0 Å². The van der Waals surface area contributed by atoms with Crippen LogP contribution in [0.2, 0.25) is 0 Å². The number of alkyl halides is 1. The largest absolute Gasteiger partial charge is 0.394 e. The van der Waals surface area contributed by atoms with Gasteiger partial charge in [0.25, 0.3) is 0 Å². The highest BCUT2D eigenvalue weighted by atomic mass is 35.5. The number of nitrogens with two attached hydrogens (primary N) is 1. The predicted octanol–water partition coefficient (Wildman–Crippen LogP) is 3.19. The molecule has 4 heteroatoms. The molecule has 1 aromatic carbocycles. The minimum Gasteiger partial charge on any atom is -0.394 e. The molecule has 0 amide bonds. The van der Waals surface area contributed by atoms with Crippen molar-refractivity contribution in [2.24, 2.45) is 0 Å². The van der Waals surface area contributed by atoms with Crippen LogP contribution < -0.4 is 5.73 Å². The van der Waals surface area contributed by atoms with E-state index < -0.39 is 17.3 Å². The van der Waals surface area contributed by atoms with Crippen LogP contribution >= 0.6 is 11.6 Å². The normalized spacial score (nSPS) is 11.1. The standard InChI is InChI=1S/C10H10ClF2N/c11-4-2-1-3-7-5-8(12)10(14)9(13)6-7/h1,3,5-6H,2,4,14H2. The Balaban J connectivity index is 2.89. The van der Waals surface area contributed by atoms with Crippen LogP contribution in [-0.2, 0) is 0 Å². The lowest BCUT2D eigenvalue weighted by Gasteiger charge is -2.00. The summed E-state index contributed by atoms with van der Waals surface area (Å²) in [7, 11) is 0. The summed E-state index contributed by atoms with van der Waals surface area (Å²) in [4.78, 5) is 0. The third-order valence-electron chi connectivity index (χ3n) is 1.69. The number of benzene rings is 1. The van der Waals surface area contributed by atoms with Gasteiger partial charge in [-0.25, -0.2) is 8.78 Å². The summed E-state index contributed by atoms with van der Waals surface area (Å²) < 4.78 is 25.8. The van der Waals surface area contributed by atoms with Crippen LogP contribution in [0.3, 0.4) is 0 Å². The van der Waals surface area contributed by atoms with Gasteiger partial charge in [0.15, 0.2) is 0 Å². The van der Waals surface area contributed by atoms with E-state index in [4.69, 9.17) is 17.3 Å². The zero-order valence-electron chi connectivity index (χ0n) is 7.43. The molecule has 0 unspecified atom stereocenters. The van der Waals surface area contributed by atoms with E-state index in [1.165, 1.54) is 12.1 Å². The van der Waals surface area contributed by atoms with Crippen molar-refractivity contribution >= 4 is 23.4 Å². The Labute approximate surface area is 86.2 Å². The van der Waals surface area contributed by atoms with Crippen molar-refractivity contribution in [3.05, 3.63) is 35.4 Å². The molecule has 0 aliphatic rings. The molecule has 2 N–H and O–H groups in total. The fourth-order valence-electron chi connectivity index (χ4n) is 0.983. The van der Waals surface area contributed by atoms with Gasteiger partial charge in [0.1, 0.15) is 17.3 Å². The first kappa shape index (κ1) is 11.0. The molecule has 1 nitrogen and oxygen atoms in total. The molecule has 0 saturated carbocycles. The van der Waals surface area contributed by atoms with Gasteiger partial charge in [0.05, 0.1) is 0 Å². The third kappa shape index (κ3) is 2.70. The highest BCUT2D eigenvalue weighted by molar-refractivity contribution is 6.17. The van der Waals surface area contributed by atoms with E-state index in [-0.39, 0.29) is 0 Å². The van der Waals surface area contributed by atoms with Crippen molar-refractivity contribution in [2.75, 3.05) is 11.6 Å². The summed E-state index contributed by atoms with van der Waals surface area (Å²) in [6, 6.07) is 2.37. The second kappa shape index (κ2) is 4.96. The van der Waals surface area contributed by atoms with Gasteiger partial charge in [-0.15, -0.1) is 11.6 Å². The SMILES string of the molecule is Nc1c(F)cc(C=CCCCl)cc1F. The first-order valence-corrected chi connectivity index (χ1v) is 4.65. The molecule has 0 spiro atoms. The van der Waals surface area contributed by atoms with Crippen LogP contribution in [0.5, 0.6) is 0 Å². The van der Waals surface area contributed by atoms with Crippen molar-refractivity contribution < 1.29 is 8.78 Å². The molecule has 0 saturated heterocycles. The van der Waals surface area contributed by atoms with E-state index in [0.717, 1.165) is 0 Å². The van der Waals surface area contributed by atoms with Crippen molar-refractivity contribution in [3.8, 4) is 0 Å². The smallest absolute Gasteiger partial charge is 0.149 e. The van der Waals surface area contributed by atoms with Gasteiger partial charge in [-0.3, -0.25) is 0 Å². The van der Waals surface area contributed by atoms with Crippen molar-refractivity contribution in [1.82, 2.24) is 0 Å².